The fraction of sp³-hybridized carbons (Fsp3) is 0.375. The molecule has 0 saturated carbocycles. The van der Waals surface area contributed by atoms with Crippen molar-refractivity contribution in [2.45, 2.75) is 32.9 Å². The van der Waals surface area contributed by atoms with Crippen LogP contribution in [0.1, 0.15) is 20.9 Å². The third kappa shape index (κ3) is 2.82. The van der Waals surface area contributed by atoms with E-state index in [9.17, 15) is 0 Å². The molecule has 2 aromatic rings. The Morgan fingerprint density at radius 2 is 2.16 bits per heavy atom. The molecule has 1 N–H and O–H groups in total. The zero-order valence-corrected chi connectivity index (χ0v) is 12.2. The molecule has 0 amide bonds. The molecule has 1 atom stereocenters. The second kappa shape index (κ2) is 5.35. The van der Waals surface area contributed by atoms with Crippen LogP contribution in [0.2, 0.25) is 0 Å². The standard InChI is InChI=1S/C16H19NOS/c1-11-7-14(12(2)19-11)9-17-10-15-8-13-5-3-4-6-16(13)18-15/h3-7,15,17H,8-10H2,1-2H3. The van der Waals surface area contributed by atoms with Crippen LogP contribution in [0.4, 0.5) is 0 Å². The molecule has 2 nitrogen and oxygen atoms in total. The third-order valence-electron chi connectivity index (χ3n) is 3.55. The smallest absolute Gasteiger partial charge is 0.123 e. The van der Waals surface area contributed by atoms with Crippen LogP contribution in [-0.4, -0.2) is 12.6 Å². The lowest BCUT2D eigenvalue weighted by atomic mass is 10.1. The summed E-state index contributed by atoms with van der Waals surface area (Å²) in [5.41, 5.74) is 2.75. The average Bonchev–Trinajstić information content (AvgIpc) is 2.92. The lowest BCUT2D eigenvalue weighted by Gasteiger charge is -2.11. The van der Waals surface area contributed by atoms with Gasteiger partial charge in [0.1, 0.15) is 11.9 Å². The summed E-state index contributed by atoms with van der Waals surface area (Å²) in [6, 6.07) is 10.6. The number of nitrogens with one attached hydrogen (secondary N) is 1. The van der Waals surface area contributed by atoms with Gasteiger partial charge in [0.2, 0.25) is 0 Å². The minimum absolute atomic E-state index is 0.275. The van der Waals surface area contributed by atoms with Crippen LogP contribution < -0.4 is 10.1 Å². The molecule has 3 heteroatoms. The number of ether oxygens (including phenoxy) is 1. The molecule has 3 rings (SSSR count). The summed E-state index contributed by atoms with van der Waals surface area (Å²) in [4.78, 5) is 2.81. The molecule has 0 bridgehead atoms. The molecule has 1 aromatic heterocycles. The van der Waals surface area contributed by atoms with E-state index >= 15 is 0 Å². The van der Waals surface area contributed by atoms with Crippen LogP contribution in [0, 0.1) is 13.8 Å². The Kier molecular flexibility index (Phi) is 3.58. The van der Waals surface area contributed by atoms with Gasteiger partial charge in [-0.05, 0) is 37.1 Å². The monoisotopic (exact) mass is 273 g/mol. The first kappa shape index (κ1) is 12.7. The summed E-state index contributed by atoms with van der Waals surface area (Å²) >= 11 is 1.87. The number of hydrogen-bond acceptors (Lipinski definition) is 3. The van der Waals surface area contributed by atoms with Gasteiger partial charge < -0.3 is 10.1 Å². The molecule has 19 heavy (non-hydrogen) atoms. The molecule has 2 heterocycles. The highest BCUT2D eigenvalue weighted by molar-refractivity contribution is 7.12. The highest BCUT2D eigenvalue weighted by atomic mass is 32.1. The zero-order valence-electron chi connectivity index (χ0n) is 11.4. The minimum Gasteiger partial charge on any atom is -0.488 e. The Morgan fingerprint density at radius 1 is 1.32 bits per heavy atom. The molecule has 1 aliphatic rings. The first-order chi connectivity index (χ1) is 9.22. The van der Waals surface area contributed by atoms with Crippen LogP contribution in [0.25, 0.3) is 0 Å². The largest absolute Gasteiger partial charge is 0.488 e. The van der Waals surface area contributed by atoms with Gasteiger partial charge in [0.25, 0.3) is 0 Å². The van der Waals surface area contributed by atoms with Crippen molar-refractivity contribution >= 4 is 11.3 Å². The Balaban J connectivity index is 1.51. The fourth-order valence-corrected chi connectivity index (χ4v) is 3.54. The van der Waals surface area contributed by atoms with Gasteiger partial charge in [-0.1, -0.05) is 18.2 Å². The van der Waals surface area contributed by atoms with E-state index in [2.05, 4.69) is 43.4 Å². The van der Waals surface area contributed by atoms with Crippen LogP contribution >= 0.6 is 11.3 Å². The quantitative estimate of drug-likeness (QED) is 0.921. The van der Waals surface area contributed by atoms with Crippen LogP contribution in [-0.2, 0) is 13.0 Å². The summed E-state index contributed by atoms with van der Waals surface area (Å²) in [6.07, 6.45) is 1.29. The molecule has 0 fully saturated rings. The van der Waals surface area contributed by atoms with Crippen molar-refractivity contribution in [2.24, 2.45) is 0 Å². The second-order valence-electron chi connectivity index (χ2n) is 5.12. The number of fused-ring (bicyclic) bond motifs is 1. The van der Waals surface area contributed by atoms with Crippen molar-refractivity contribution in [1.82, 2.24) is 5.32 Å². The van der Waals surface area contributed by atoms with Gasteiger partial charge in [0.15, 0.2) is 0 Å². The summed E-state index contributed by atoms with van der Waals surface area (Å²) in [6.45, 7) is 6.20. The highest BCUT2D eigenvalue weighted by Crippen LogP contribution is 2.27. The molecule has 100 valence electrons. The van der Waals surface area contributed by atoms with Gasteiger partial charge in [0, 0.05) is 29.3 Å². The molecule has 1 aliphatic heterocycles. The summed E-state index contributed by atoms with van der Waals surface area (Å²) in [7, 11) is 0. The lowest BCUT2D eigenvalue weighted by Crippen LogP contribution is -2.29. The van der Waals surface area contributed by atoms with Crippen molar-refractivity contribution in [3.63, 3.8) is 0 Å². The normalized spacial score (nSPS) is 17.3. The Hall–Kier alpha value is -1.32. The number of thiophene rings is 1. The van der Waals surface area contributed by atoms with E-state index in [1.807, 2.05) is 17.4 Å². The summed E-state index contributed by atoms with van der Waals surface area (Å²) in [5, 5.41) is 3.51. The number of rotatable bonds is 4. The maximum absolute atomic E-state index is 5.92. The molecule has 0 spiro atoms. The van der Waals surface area contributed by atoms with Crippen molar-refractivity contribution < 1.29 is 4.74 Å². The first-order valence-corrected chi connectivity index (χ1v) is 7.55. The van der Waals surface area contributed by atoms with Gasteiger partial charge in [-0.15, -0.1) is 11.3 Å². The van der Waals surface area contributed by atoms with E-state index in [0.717, 1.165) is 25.3 Å². The highest BCUT2D eigenvalue weighted by Gasteiger charge is 2.21. The molecule has 1 aromatic carbocycles. The van der Waals surface area contributed by atoms with Crippen molar-refractivity contribution in [3.05, 3.63) is 51.2 Å². The number of benzene rings is 1. The van der Waals surface area contributed by atoms with Gasteiger partial charge in [0.05, 0.1) is 0 Å². The second-order valence-corrected chi connectivity index (χ2v) is 6.58. The van der Waals surface area contributed by atoms with E-state index in [1.54, 1.807) is 0 Å². The fourth-order valence-electron chi connectivity index (χ4n) is 2.59. The summed E-state index contributed by atoms with van der Waals surface area (Å²) in [5.74, 6) is 1.05. The van der Waals surface area contributed by atoms with E-state index in [0.29, 0.717) is 0 Å². The average molecular weight is 273 g/mol. The molecule has 1 unspecified atom stereocenters. The van der Waals surface area contributed by atoms with Gasteiger partial charge >= 0.3 is 0 Å². The van der Waals surface area contributed by atoms with Gasteiger partial charge in [-0.3, -0.25) is 0 Å². The van der Waals surface area contributed by atoms with Gasteiger partial charge in [-0.25, -0.2) is 0 Å². The predicted molar refractivity (Wildman–Crippen MR) is 80.1 cm³/mol. The van der Waals surface area contributed by atoms with Crippen molar-refractivity contribution in [2.75, 3.05) is 6.54 Å². The van der Waals surface area contributed by atoms with E-state index in [4.69, 9.17) is 4.74 Å². The Morgan fingerprint density at radius 3 is 2.89 bits per heavy atom. The van der Waals surface area contributed by atoms with E-state index in [-0.39, 0.29) is 6.10 Å². The maximum atomic E-state index is 5.92. The Bertz CT molecular complexity index is 551. The Labute approximate surface area is 118 Å². The zero-order chi connectivity index (χ0) is 13.2. The lowest BCUT2D eigenvalue weighted by molar-refractivity contribution is 0.227. The van der Waals surface area contributed by atoms with E-state index < -0.39 is 0 Å². The molecule has 0 aliphatic carbocycles. The minimum atomic E-state index is 0.275. The molecule has 0 radical (unpaired) electrons. The van der Waals surface area contributed by atoms with Crippen molar-refractivity contribution in [1.29, 1.82) is 0 Å². The SMILES string of the molecule is Cc1cc(CNCC2Cc3ccccc3O2)c(C)s1. The molecular formula is C16H19NOS. The number of aryl methyl sites for hydroxylation is 2. The van der Waals surface area contributed by atoms with E-state index in [1.165, 1.54) is 20.9 Å². The van der Waals surface area contributed by atoms with Gasteiger partial charge in [-0.2, -0.15) is 0 Å². The summed E-state index contributed by atoms with van der Waals surface area (Å²) < 4.78 is 5.92. The van der Waals surface area contributed by atoms with Crippen molar-refractivity contribution in [3.8, 4) is 5.75 Å². The topological polar surface area (TPSA) is 21.3 Å². The predicted octanol–water partition coefficient (Wildman–Crippen LogP) is 3.46. The third-order valence-corrected chi connectivity index (χ3v) is 4.55. The van der Waals surface area contributed by atoms with Crippen LogP contribution in [0.5, 0.6) is 5.75 Å². The van der Waals surface area contributed by atoms with Crippen LogP contribution in [0.15, 0.2) is 30.3 Å². The molecule has 0 saturated heterocycles. The number of para-hydroxylation sites is 1. The number of hydrogen-bond donors (Lipinski definition) is 1. The first-order valence-electron chi connectivity index (χ1n) is 6.73. The molecular weight excluding hydrogens is 254 g/mol. The van der Waals surface area contributed by atoms with Crippen LogP contribution in [0.3, 0.4) is 0 Å². The maximum Gasteiger partial charge on any atom is 0.123 e.